The second-order valence-corrected chi connectivity index (χ2v) is 4.61. The van der Waals surface area contributed by atoms with Crippen LogP contribution in [-0.4, -0.2) is 11.7 Å². The van der Waals surface area contributed by atoms with E-state index < -0.39 is 11.7 Å². The summed E-state index contributed by atoms with van der Waals surface area (Å²) in [5.41, 5.74) is 2.17. The van der Waals surface area contributed by atoms with Gasteiger partial charge in [0.2, 0.25) is 0 Å². The number of amides is 1. The van der Waals surface area contributed by atoms with Crippen LogP contribution in [0.4, 0.5) is 5.69 Å². The molecule has 3 heteroatoms. The molecule has 88 valence electrons. The van der Waals surface area contributed by atoms with Crippen LogP contribution in [0, 0.1) is 12.8 Å². The maximum Gasteiger partial charge on any atom is 0.303 e. The molecule has 0 saturated heterocycles. The molecule has 0 aromatic heterocycles. The smallest absolute Gasteiger partial charge is 0.283 e. The fourth-order valence-electron chi connectivity index (χ4n) is 1.78. The fraction of sp³-hybridized carbons (Fsp3) is 0.286. The molecule has 0 unspecified atom stereocenters. The summed E-state index contributed by atoms with van der Waals surface area (Å²) in [6.45, 7) is 5.95. The summed E-state index contributed by atoms with van der Waals surface area (Å²) in [6, 6.07) is 5.48. The third-order valence-corrected chi connectivity index (χ3v) is 2.69. The Kier molecular flexibility index (Phi) is 2.84. The highest BCUT2D eigenvalue weighted by Crippen LogP contribution is 2.30. The first-order valence-electron chi connectivity index (χ1n) is 5.67. The van der Waals surface area contributed by atoms with Gasteiger partial charge in [0.05, 0.1) is 11.3 Å². The zero-order chi connectivity index (χ0) is 12.6. The molecule has 0 aliphatic carbocycles. The van der Waals surface area contributed by atoms with Crippen molar-refractivity contribution in [1.82, 2.24) is 0 Å². The van der Waals surface area contributed by atoms with Crippen molar-refractivity contribution in [3.05, 3.63) is 41.6 Å². The van der Waals surface area contributed by atoms with Crippen molar-refractivity contribution in [3.63, 3.8) is 0 Å². The van der Waals surface area contributed by atoms with E-state index in [1.54, 1.807) is 12.3 Å². The van der Waals surface area contributed by atoms with Gasteiger partial charge in [0.25, 0.3) is 5.78 Å². The Bertz CT molecular complexity index is 515. The highest BCUT2D eigenvalue weighted by molar-refractivity contribution is 6.52. The number of hydrogen-bond acceptors (Lipinski definition) is 2. The average molecular weight is 229 g/mol. The molecule has 1 amide bonds. The first kappa shape index (κ1) is 11.6. The number of fused-ring (bicyclic) bond motifs is 1. The van der Waals surface area contributed by atoms with Crippen LogP contribution < -0.4 is 4.90 Å². The number of rotatable bonds is 2. The van der Waals surface area contributed by atoms with E-state index in [1.807, 2.05) is 39.0 Å². The summed E-state index contributed by atoms with van der Waals surface area (Å²) >= 11 is 0. The van der Waals surface area contributed by atoms with Crippen LogP contribution in [0.1, 0.15) is 29.8 Å². The predicted molar refractivity (Wildman–Crippen MR) is 67.0 cm³/mol. The van der Waals surface area contributed by atoms with Gasteiger partial charge in [0.1, 0.15) is 0 Å². The summed E-state index contributed by atoms with van der Waals surface area (Å²) in [7, 11) is 0. The lowest BCUT2D eigenvalue weighted by molar-refractivity contribution is -0.113. The lowest BCUT2D eigenvalue weighted by atomic mass is 10.1. The SMILES string of the molecule is Cc1ccc2c(c1)C(=O)C(=O)N2/C=C/C(C)C. The van der Waals surface area contributed by atoms with Crippen LogP contribution in [0.25, 0.3) is 0 Å². The predicted octanol–water partition coefficient (Wildman–Crippen LogP) is 2.69. The third kappa shape index (κ3) is 2.00. The van der Waals surface area contributed by atoms with Crippen molar-refractivity contribution < 1.29 is 9.59 Å². The second kappa shape index (κ2) is 4.17. The van der Waals surface area contributed by atoms with Gasteiger partial charge in [-0.05, 0) is 25.0 Å². The molecule has 1 heterocycles. The van der Waals surface area contributed by atoms with E-state index in [4.69, 9.17) is 0 Å². The molecule has 0 spiro atoms. The largest absolute Gasteiger partial charge is 0.303 e. The topological polar surface area (TPSA) is 37.4 Å². The van der Waals surface area contributed by atoms with E-state index in [0.29, 0.717) is 17.2 Å². The fourth-order valence-corrected chi connectivity index (χ4v) is 1.78. The minimum atomic E-state index is -0.470. The van der Waals surface area contributed by atoms with Crippen molar-refractivity contribution in [1.29, 1.82) is 0 Å². The van der Waals surface area contributed by atoms with Crippen LogP contribution in [0.5, 0.6) is 0 Å². The Balaban J connectivity index is 2.45. The molecule has 0 atom stereocenters. The van der Waals surface area contributed by atoms with Gasteiger partial charge in [-0.2, -0.15) is 0 Å². The zero-order valence-corrected chi connectivity index (χ0v) is 10.2. The first-order chi connectivity index (χ1) is 8.00. The monoisotopic (exact) mass is 229 g/mol. The van der Waals surface area contributed by atoms with Gasteiger partial charge in [-0.3, -0.25) is 14.5 Å². The van der Waals surface area contributed by atoms with E-state index in [2.05, 4.69) is 0 Å². The van der Waals surface area contributed by atoms with Crippen LogP contribution in [0.3, 0.4) is 0 Å². The standard InChI is InChI=1S/C14H15NO2/c1-9(2)6-7-15-12-5-4-10(3)8-11(12)13(16)14(15)17/h4-9H,1-3H3/b7-6+. The molecule has 1 aliphatic heterocycles. The average Bonchev–Trinajstić information content (AvgIpc) is 2.50. The Labute approximate surface area is 101 Å². The number of carbonyl (C=O) groups is 2. The first-order valence-corrected chi connectivity index (χ1v) is 5.67. The van der Waals surface area contributed by atoms with Crippen LogP contribution in [0.15, 0.2) is 30.5 Å². The summed E-state index contributed by atoms with van der Waals surface area (Å²) < 4.78 is 0. The van der Waals surface area contributed by atoms with Crippen molar-refractivity contribution >= 4 is 17.4 Å². The number of anilines is 1. The molecular formula is C14H15NO2. The molecular weight excluding hydrogens is 214 g/mol. The van der Waals surface area contributed by atoms with E-state index >= 15 is 0 Å². The Morgan fingerprint density at radius 3 is 2.59 bits per heavy atom. The van der Waals surface area contributed by atoms with E-state index in [0.717, 1.165) is 5.56 Å². The maximum absolute atomic E-state index is 11.8. The van der Waals surface area contributed by atoms with E-state index in [-0.39, 0.29) is 0 Å². The van der Waals surface area contributed by atoms with Crippen molar-refractivity contribution in [2.45, 2.75) is 20.8 Å². The minimum Gasteiger partial charge on any atom is -0.283 e. The molecule has 1 aromatic carbocycles. The lowest BCUT2D eigenvalue weighted by Gasteiger charge is -2.11. The number of carbonyl (C=O) groups excluding carboxylic acids is 2. The van der Waals surface area contributed by atoms with Crippen molar-refractivity contribution in [2.75, 3.05) is 4.90 Å². The van der Waals surface area contributed by atoms with Gasteiger partial charge in [-0.15, -0.1) is 0 Å². The number of nitrogens with zero attached hydrogens (tertiary/aromatic N) is 1. The number of hydrogen-bond donors (Lipinski definition) is 0. The van der Waals surface area contributed by atoms with Crippen LogP contribution in [0.2, 0.25) is 0 Å². The summed E-state index contributed by atoms with van der Waals surface area (Å²) in [4.78, 5) is 25.0. The number of aryl methyl sites for hydroxylation is 1. The Morgan fingerprint density at radius 2 is 1.94 bits per heavy atom. The number of benzene rings is 1. The molecule has 1 aliphatic rings. The lowest BCUT2D eigenvalue weighted by Crippen LogP contribution is -2.24. The molecule has 0 N–H and O–H groups in total. The second-order valence-electron chi connectivity index (χ2n) is 4.61. The highest BCUT2D eigenvalue weighted by atomic mass is 16.2. The van der Waals surface area contributed by atoms with Gasteiger partial charge in [-0.1, -0.05) is 31.6 Å². The number of Topliss-reactive ketones (excluding diaryl/α,β-unsaturated/α-hetero) is 1. The summed E-state index contributed by atoms with van der Waals surface area (Å²) in [6.07, 6.45) is 3.59. The zero-order valence-electron chi connectivity index (χ0n) is 10.2. The van der Waals surface area contributed by atoms with Crippen molar-refractivity contribution in [2.24, 2.45) is 5.92 Å². The normalized spacial score (nSPS) is 15.2. The highest BCUT2D eigenvalue weighted by Gasteiger charge is 2.34. The summed E-state index contributed by atoms with van der Waals surface area (Å²) in [5, 5.41) is 0. The van der Waals surface area contributed by atoms with Crippen LogP contribution >= 0.6 is 0 Å². The van der Waals surface area contributed by atoms with Crippen LogP contribution in [-0.2, 0) is 4.79 Å². The van der Waals surface area contributed by atoms with E-state index in [1.165, 1.54) is 4.90 Å². The number of allylic oxidation sites excluding steroid dienone is 1. The summed E-state index contributed by atoms with van der Waals surface area (Å²) in [5.74, 6) is -0.549. The molecule has 1 aromatic rings. The van der Waals surface area contributed by atoms with Gasteiger partial charge in [0.15, 0.2) is 0 Å². The molecule has 0 bridgehead atoms. The third-order valence-electron chi connectivity index (χ3n) is 2.69. The van der Waals surface area contributed by atoms with Gasteiger partial charge < -0.3 is 0 Å². The van der Waals surface area contributed by atoms with Gasteiger partial charge >= 0.3 is 5.91 Å². The molecule has 0 radical (unpaired) electrons. The molecule has 0 saturated carbocycles. The number of ketones is 1. The van der Waals surface area contributed by atoms with E-state index in [9.17, 15) is 9.59 Å². The van der Waals surface area contributed by atoms with Gasteiger partial charge in [0, 0.05) is 6.20 Å². The molecule has 3 nitrogen and oxygen atoms in total. The quantitative estimate of drug-likeness (QED) is 0.731. The Hall–Kier alpha value is -1.90. The maximum atomic E-state index is 11.8. The minimum absolute atomic E-state index is 0.340. The van der Waals surface area contributed by atoms with Crippen molar-refractivity contribution in [3.8, 4) is 0 Å². The molecule has 17 heavy (non-hydrogen) atoms. The molecule has 2 rings (SSSR count). The molecule has 0 fully saturated rings. The van der Waals surface area contributed by atoms with Gasteiger partial charge in [-0.25, -0.2) is 0 Å². The Morgan fingerprint density at radius 1 is 1.24 bits per heavy atom.